The lowest BCUT2D eigenvalue weighted by atomic mass is 9.45. The third kappa shape index (κ3) is 4.41. The third-order valence-corrected chi connectivity index (χ3v) is 7.96. The van der Waals surface area contributed by atoms with E-state index in [2.05, 4.69) is 13.8 Å². The zero-order valence-corrected chi connectivity index (χ0v) is 18.2. The molecule has 0 aliphatic heterocycles. The van der Waals surface area contributed by atoms with E-state index in [1.54, 1.807) is 0 Å². The summed E-state index contributed by atoms with van der Waals surface area (Å²) in [5, 5.41) is 0. The van der Waals surface area contributed by atoms with Gasteiger partial charge in [-0.15, -0.1) is 0 Å². The van der Waals surface area contributed by atoms with Gasteiger partial charge >= 0.3 is 0 Å². The van der Waals surface area contributed by atoms with Gasteiger partial charge in [0.2, 0.25) is 0 Å². The largest absolute Gasteiger partial charge is 0.385 e. The summed E-state index contributed by atoms with van der Waals surface area (Å²) in [7, 11) is 1.86. The first-order valence-electron chi connectivity index (χ1n) is 11.7. The standard InChI is InChI=1S/C24H43O3/c1-4-26-18-16-24(21-12-13-21)22(20-9-6-7-10-20)11-8-14-23(24,15-17-25-3)19-27-5-2/h20-21H,4-19H2,1-3H3. The monoisotopic (exact) mass is 379 g/mol. The molecule has 3 nitrogen and oxygen atoms in total. The highest BCUT2D eigenvalue weighted by Crippen LogP contribution is 2.70. The maximum atomic E-state index is 6.21. The smallest absolute Gasteiger partial charge is 0.0528 e. The van der Waals surface area contributed by atoms with Crippen molar-refractivity contribution in [3.63, 3.8) is 0 Å². The van der Waals surface area contributed by atoms with Gasteiger partial charge in [-0.25, -0.2) is 0 Å². The highest BCUT2D eigenvalue weighted by Gasteiger charge is 2.64. The molecule has 0 aromatic heterocycles. The Kier molecular flexibility index (Phi) is 8.05. The van der Waals surface area contributed by atoms with Crippen molar-refractivity contribution in [2.24, 2.45) is 22.7 Å². The van der Waals surface area contributed by atoms with E-state index >= 15 is 0 Å². The van der Waals surface area contributed by atoms with Crippen molar-refractivity contribution in [2.45, 2.75) is 84.5 Å². The summed E-state index contributed by atoms with van der Waals surface area (Å²) in [5.41, 5.74) is 0.566. The summed E-state index contributed by atoms with van der Waals surface area (Å²) in [5.74, 6) is 3.64. The van der Waals surface area contributed by atoms with Crippen molar-refractivity contribution in [3.8, 4) is 0 Å². The zero-order valence-electron chi connectivity index (χ0n) is 18.2. The van der Waals surface area contributed by atoms with Crippen LogP contribution in [-0.4, -0.2) is 40.1 Å². The second-order valence-corrected chi connectivity index (χ2v) is 9.21. The summed E-state index contributed by atoms with van der Waals surface area (Å²) in [6, 6.07) is 0. The van der Waals surface area contributed by atoms with Gasteiger partial charge in [-0.05, 0) is 88.4 Å². The molecule has 0 aromatic rings. The van der Waals surface area contributed by atoms with Crippen LogP contribution in [0.1, 0.15) is 84.5 Å². The summed E-state index contributed by atoms with van der Waals surface area (Å²) in [6.07, 6.45) is 14.9. The van der Waals surface area contributed by atoms with Gasteiger partial charge in [-0.3, -0.25) is 0 Å². The molecule has 0 bridgehead atoms. The SMILES string of the molecule is CCOCCC1(C2CC2)[C](C2CCCC2)CCCC1(CCOC)COCC. The van der Waals surface area contributed by atoms with E-state index in [4.69, 9.17) is 14.2 Å². The molecular weight excluding hydrogens is 336 g/mol. The van der Waals surface area contributed by atoms with Crippen LogP contribution in [0.25, 0.3) is 0 Å². The van der Waals surface area contributed by atoms with E-state index in [9.17, 15) is 0 Å². The fraction of sp³-hybridized carbons (Fsp3) is 0.958. The second-order valence-electron chi connectivity index (χ2n) is 9.21. The van der Waals surface area contributed by atoms with E-state index in [0.29, 0.717) is 5.41 Å². The number of hydrogen-bond acceptors (Lipinski definition) is 3. The van der Waals surface area contributed by atoms with Crippen molar-refractivity contribution < 1.29 is 14.2 Å². The first kappa shape index (κ1) is 21.6. The molecule has 157 valence electrons. The number of rotatable bonds is 12. The van der Waals surface area contributed by atoms with E-state index in [1.165, 1.54) is 64.2 Å². The van der Waals surface area contributed by atoms with Crippen LogP contribution in [0.15, 0.2) is 0 Å². The van der Waals surface area contributed by atoms with Gasteiger partial charge in [0.05, 0.1) is 6.61 Å². The summed E-state index contributed by atoms with van der Waals surface area (Å²) in [4.78, 5) is 0. The van der Waals surface area contributed by atoms with Gasteiger partial charge in [-0.1, -0.05) is 19.3 Å². The van der Waals surface area contributed by atoms with E-state index < -0.39 is 0 Å². The predicted molar refractivity (Wildman–Crippen MR) is 111 cm³/mol. The van der Waals surface area contributed by atoms with Crippen LogP contribution in [0.5, 0.6) is 0 Å². The van der Waals surface area contributed by atoms with Gasteiger partial charge in [0.15, 0.2) is 0 Å². The zero-order chi connectivity index (χ0) is 19.2. The van der Waals surface area contributed by atoms with Crippen LogP contribution >= 0.6 is 0 Å². The Morgan fingerprint density at radius 2 is 1.63 bits per heavy atom. The third-order valence-electron chi connectivity index (χ3n) is 7.96. The van der Waals surface area contributed by atoms with Gasteiger partial charge < -0.3 is 14.2 Å². The minimum Gasteiger partial charge on any atom is -0.385 e. The average molecular weight is 380 g/mol. The highest BCUT2D eigenvalue weighted by atomic mass is 16.5. The maximum absolute atomic E-state index is 6.21. The molecule has 0 saturated heterocycles. The van der Waals surface area contributed by atoms with Gasteiger partial charge in [0, 0.05) is 39.0 Å². The van der Waals surface area contributed by atoms with Crippen LogP contribution in [-0.2, 0) is 14.2 Å². The van der Waals surface area contributed by atoms with Crippen molar-refractivity contribution in [1.82, 2.24) is 0 Å². The first-order valence-corrected chi connectivity index (χ1v) is 11.7. The van der Waals surface area contributed by atoms with E-state index in [0.717, 1.165) is 51.3 Å². The Balaban J connectivity index is 1.97. The van der Waals surface area contributed by atoms with Crippen LogP contribution in [0.4, 0.5) is 0 Å². The Morgan fingerprint density at radius 1 is 0.889 bits per heavy atom. The average Bonchev–Trinajstić information content (AvgIpc) is 3.40. The molecule has 2 unspecified atom stereocenters. The van der Waals surface area contributed by atoms with Gasteiger partial charge in [0.25, 0.3) is 0 Å². The maximum Gasteiger partial charge on any atom is 0.0528 e. The Bertz CT molecular complexity index is 419. The number of methoxy groups -OCH3 is 1. The molecule has 0 N–H and O–H groups in total. The Labute approximate surface area is 167 Å². The predicted octanol–water partition coefficient (Wildman–Crippen LogP) is 5.82. The molecule has 3 aliphatic rings. The molecule has 3 saturated carbocycles. The molecule has 3 aliphatic carbocycles. The molecule has 27 heavy (non-hydrogen) atoms. The lowest BCUT2D eigenvalue weighted by Gasteiger charge is -2.60. The van der Waals surface area contributed by atoms with E-state index in [-0.39, 0.29) is 5.41 Å². The Hall–Kier alpha value is -0.120. The molecule has 0 aromatic carbocycles. The summed E-state index contributed by atoms with van der Waals surface area (Å²) < 4.78 is 17.8. The van der Waals surface area contributed by atoms with Gasteiger partial charge in [-0.2, -0.15) is 0 Å². The normalized spacial score (nSPS) is 33.0. The fourth-order valence-electron chi connectivity index (χ4n) is 6.74. The molecule has 2 atom stereocenters. The molecular formula is C24H43O3. The van der Waals surface area contributed by atoms with Crippen molar-refractivity contribution in [1.29, 1.82) is 0 Å². The van der Waals surface area contributed by atoms with Crippen molar-refractivity contribution in [2.75, 3.05) is 40.1 Å². The summed E-state index contributed by atoms with van der Waals surface area (Å²) in [6.45, 7) is 8.59. The lowest BCUT2D eigenvalue weighted by Crippen LogP contribution is -2.55. The number of ether oxygens (including phenoxy) is 3. The molecule has 0 spiro atoms. The van der Waals surface area contributed by atoms with Crippen LogP contribution < -0.4 is 0 Å². The molecule has 3 rings (SSSR count). The molecule has 0 amide bonds. The second kappa shape index (κ2) is 10.1. The van der Waals surface area contributed by atoms with Crippen molar-refractivity contribution >= 4 is 0 Å². The van der Waals surface area contributed by atoms with Crippen LogP contribution in [0, 0.1) is 28.6 Å². The first-order chi connectivity index (χ1) is 13.2. The van der Waals surface area contributed by atoms with Crippen molar-refractivity contribution in [3.05, 3.63) is 5.92 Å². The minimum atomic E-state index is 0.244. The quantitative estimate of drug-likeness (QED) is 0.400. The van der Waals surface area contributed by atoms with Crippen LogP contribution in [0.3, 0.4) is 0 Å². The van der Waals surface area contributed by atoms with Gasteiger partial charge in [0.1, 0.15) is 0 Å². The van der Waals surface area contributed by atoms with Crippen LogP contribution in [0.2, 0.25) is 0 Å². The fourth-order valence-corrected chi connectivity index (χ4v) is 6.74. The topological polar surface area (TPSA) is 27.7 Å². The molecule has 3 heteroatoms. The molecule has 3 fully saturated rings. The highest BCUT2D eigenvalue weighted by molar-refractivity contribution is 5.24. The Morgan fingerprint density at radius 3 is 2.26 bits per heavy atom. The molecule has 1 radical (unpaired) electrons. The summed E-state index contributed by atoms with van der Waals surface area (Å²) >= 11 is 0. The number of hydrogen-bond donors (Lipinski definition) is 0. The minimum absolute atomic E-state index is 0.244. The van der Waals surface area contributed by atoms with E-state index in [1.807, 2.05) is 13.0 Å². The lowest BCUT2D eigenvalue weighted by molar-refractivity contribution is -0.111. The molecule has 0 heterocycles.